The third kappa shape index (κ3) is 6.40. The molecule has 0 aliphatic carbocycles. The van der Waals surface area contributed by atoms with Crippen molar-refractivity contribution < 1.29 is 23.8 Å². The van der Waals surface area contributed by atoms with E-state index in [0.29, 0.717) is 17.9 Å². The number of benzene rings is 2. The lowest BCUT2D eigenvalue weighted by Gasteiger charge is -2.12. The number of carbonyl (C=O) groups is 2. The zero-order chi connectivity index (χ0) is 20.0. The molecule has 0 N–H and O–H groups in total. The predicted octanol–water partition coefficient (Wildman–Crippen LogP) is 4.86. The molecule has 0 spiro atoms. The quantitative estimate of drug-likeness (QED) is 0.459. The van der Waals surface area contributed by atoms with Crippen molar-refractivity contribution in [3.05, 3.63) is 57.6 Å². The largest absolute Gasteiger partial charge is 0.481 e. The molecular weight excluding hydrogens is 412 g/mol. The van der Waals surface area contributed by atoms with Gasteiger partial charge in [-0.1, -0.05) is 35.8 Å². The fraction of sp³-hybridized carbons (Fsp3) is 0.333. The van der Waals surface area contributed by atoms with E-state index >= 15 is 0 Å². The Morgan fingerprint density at radius 2 is 1.74 bits per heavy atom. The van der Waals surface area contributed by atoms with Gasteiger partial charge in [-0.2, -0.15) is 0 Å². The lowest BCUT2D eigenvalue weighted by molar-refractivity contribution is -0.136. The summed E-state index contributed by atoms with van der Waals surface area (Å²) in [5.41, 5.74) is 2.18. The van der Waals surface area contributed by atoms with Crippen molar-refractivity contribution in [1.29, 1.82) is 0 Å². The highest BCUT2D eigenvalue weighted by molar-refractivity contribution is 9.10. The second-order valence-corrected chi connectivity index (χ2v) is 7.57. The van der Waals surface area contributed by atoms with Crippen molar-refractivity contribution in [1.82, 2.24) is 0 Å². The van der Waals surface area contributed by atoms with Crippen LogP contribution in [0.1, 0.15) is 35.3 Å². The van der Waals surface area contributed by atoms with Crippen LogP contribution in [-0.4, -0.2) is 25.2 Å². The van der Waals surface area contributed by atoms with E-state index in [1.165, 1.54) is 6.07 Å². The molecule has 0 aromatic heterocycles. The molecule has 0 unspecified atom stereocenters. The van der Waals surface area contributed by atoms with E-state index in [1.54, 1.807) is 18.2 Å². The molecule has 0 heterocycles. The highest BCUT2D eigenvalue weighted by Crippen LogP contribution is 2.27. The summed E-state index contributed by atoms with van der Waals surface area (Å²) < 4.78 is 17.0. The van der Waals surface area contributed by atoms with Crippen molar-refractivity contribution in [2.45, 2.75) is 27.7 Å². The van der Waals surface area contributed by atoms with Crippen LogP contribution in [0.25, 0.3) is 0 Å². The van der Waals surface area contributed by atoms with Gasteiger partial charge in [0.1, 0.15) is 11.5 Å². The molecule has 0 saturated heterocycles. The lowest BCUT2D eigenvalue weighted by atomic mass is 10.1. The van der Waals surface area contributed by atoms with Crippen molar-refractivity contribution >= 4 is 27.9 Å². The summed E-state index contributed by atoms with van der Waals surface area (Å²) in [7, 11) is 0. The molecule has 6 heteroatoms. The number of carbonyl (C=O) groups excluding carboxylic acids is 2. The van der Waals surface area contributed by atoms with E-state index in [0.717, 1.165) is 15.6 Å². The van der Waals surface area contributed by atoms with Gasteiger partial charge in [-0.15, -0.1) is 0 Å². The Morgan fingerprint density at radius 1 is 1.07 bits per heavy atom. The highest BCUT2D eigenvalue weighted by atomic mass is 79.9. The summed E-state index contributed by atoms with van der Waals surface area (Å²) in [6, 6.07) is 10.2. The van der Waals surface area contributed by atoms with Gasteiger partial charge in [0.25, 0.3) is 0 Å². The average molecular weight is 435 g/mol. The molecule has 0 amide bonds. The summed E-state index contributed by atoms with van der Waals surface area (Å²) >= 11 is 3.42. The normalized spacial score (nSPS) is 10.6. The van der Waals surface area contributed by atoms with Crippen LogP contribution in [0.3, 0.4) is 0 Å². The smallest absolute Gasteiger partial charge is 0.349 e. The van der Waals surface area contributed by atoms with Crippen LogP contribution in [0, 0.1) is 19.8 Å². The second-order valence-electron chi connectivity index (χ2n) is 6.65. The minimum absolute atomic E-state index is 0.231. The zero-order valence-electron chi connectivity index (χ0n) is 15.9. The zero-order valence-corrected chi connectivity index (χ0v) is 17.5. The first-order valence-electron chi connectivity index (χ1n) is 8.63. The maximum atomic E-state index is 12.1. The molecular formula is C21H23BrO5. The van der Waals surface area contributed by atoms with E-state index in [4.69, 9.17) is 14.2 Å². The van der Waals surface area contributed by atoms with Crippen molar-refractivity contribution in [3.63, 3.8) is 0 Å². The Labute approximate surface area is 167 Å². The predicted molar refractivity (Wildman–Crippen MR) is 106 cm³/mol. The SMILES string of the molecule is Cc1cc(Br)cc(C)c1OCC(=O)Oc1cccc(C(=O)OCC(C)C)c1. The van der Waals surface area contributed by atoms with Crippen LogP contribution in [0.5, 0.6) is 11.5 Å². The van der Waals surface area contributed by atoms with Crippen LogP contribution < -0.4 is 9.47 Å². The average Bonchev–Trinajstić information content (AvgIpc) is 2.58. The van der Waals surface area contributed by atoms with Gasteiger partial charge in [0, 0.05) is 4.47 Å². The monoisotopic (exact) mass is 434 g/mol. The molecule has 144 valence electrons. The van der Waals surface area contributed by atoms with Gasteiger partial charge in [0.05, 0.1) is 12.2 Å². The minimum atomic E-state index is -0.551. The molecule has 0 saturated carbocycles. The van der Waals surface area contributed by atoms with Crippen molar-refractivity contribution in [3.8, 4) is 11.5 Å². The van der Waals surface area contributed by atoms with Crippen molar-refractivity contribution in [2.75, 3.05) is 13.2 Å². The minimum Gasteiger partial charge on any atom is -0.481 e. The molecule has 2 aromatic rings. The first-order chi connectivity index (χ1) is 12.8. The van der Waals surface area contributed by atoms with Gasteiger partial charge in [0.15, 0.2) is 6.61 Å². The van der Waals surface area contributed by atoms with Crippen LogP contribution in [0.2, 0.25) is 0 Å². The van der Waals surface area contributed by atoms with E-state index in [1.807, 2.05) is 39.8 Å². The van der Waals surface area contributed by atoms with Gasteiger partial charge in [-0.25, -0.2) is 9.59 Å². The Bertz CT molecular complexity index is 806. The Kier molecular flexibility index (Phi) is 7.42. The number of hydrogen-bond acceptors (Lipinski definition) is 5. The van der Waals surface area contributed by atoms with Gasteiger partial charge < -0.3 is 14.2 Å². The van der Waals surface area contributed by atoms with E-state index in [9.17, 15) is 9.59 Å². The topological polar surface area (TPSA) is 61.8 Å². The molecule has 0 aliphatic rings. The van der Waals surface area contributed by atoms with E-state index in [-0.39, 0.29) is 18.3 Å². The molecule has 0 bridgehead atoms. The standard InChI is InChI=1S/C21H23BrO5/c1-13(2)11-26-21(24)16-6-5-7-18(10-16)27-19(23)12-25-20-14(3)8-17(22)9-15(20)4/h5-10,13H,11-12H2,1-4H3. The first-order valence-corrected chi connectivity index (χ1v) is 9.43. The molecule has 2 rings (SSSR count). The van der Waals surface area contributed by atoms with E-state index < -0.39 is 11.9 Å². The summed E-state index contributed by atoms with van der Waals surface area (Å²) in [6.07, 6.45) is 0. The maximum absolute atomic E-state index is 12.1. The first kappa shape index (κ1) is 21.0. The Morgan fingerprint density at radius 3 is 2.37 bits per heavy atom. The molecule has 27 heavy (non-hydrogen) atoms. The number of halogens is 1. The Hall–Kier alpha value is -2.34. The number of ether oxygens (including phenoxy) is 3. The molecule has 5 nitrogen and oxygen atoms in total. The summed E-state index contributed by atoms with van der Waals surface area (Å²) in [5.74, 6) is 0.175. The summed E-state index contributed by atoms with van der Waals surface area (Å²) in [5, 5.41) is 0. The number of rotatable bonds is 7. The fourth-order valence-corrected chi connectivity index (χ4v) is 3.12. The second kappa shape index (κ2) is 9.55. The van der Waals surface area contributed by atoms with Crippen LogP contribution in [-0.2, 0) is 9.53 Å². The molecule has 2 aromatic carbocycles. The third-order valence-electron chi connectivity index (χ3n) is 3.61. The Balaban J connectivity index is 1.96. The van der Waals surface area contributed by atoms with Crippen LogP contribution in [0.4, 0.5) is 0 Å². The van der Waals surface area contributed by atoms with Gasteiger partial charge in [0.2, 0.25) is 0 Å². The van der Waals surface area contributed by atoms with Gasteiger partial charge in [-0.05, 0) is 61.2 Å². The number of hydrogen-bond donors (Lipinski definition) is 0. The van der Waals surface area contributed by atoms with Crippen molar-refractivity contribution in [2.24, 2.45) is 5.92 Å². The lowest BCUT2D eigenvalue weighted by Crippen LogP contribution is -2.18. The molecule has 0 aliphatic heterocycles. The maximum Gasteiger partial charge on any atom is 0.349 e. The van der Waals surface area contributed by atoms with Crippen LogP contribution >= 0.6 is 15.9 Å². The van der Waals surface area contributed by atoms with Gasteiger partial charge >= 0.3 is 11.9 Å². The summed E-state index contributed by atoms with van der Waals surface area (Å²) in [4.78, 5) is 24.1. The molecule has 0 atom stereocenters. The van der Waals surface area contributed by atoms with E-state index in [2.05, 4.69) is 15.9 Å². The fourth-order valence-electron chi connectivity index (χ4n) is 2.43. The molecule has 0 fully saturated rings. The third-order valence-corrected chi connectivity index (χ3v) is 4.07. The number of esters is 2. The van der Waals surface area contributed by atoms with Gasteiger partial charge in [-0.3, -0.25) is 0 Å². The summed E-state index contributed by atoms with van der Waals surface area (Å²) in [6.45, 7) is 7.84. The highest BCUT2D eigenvalue weighted by Gasteiger charge is 2.13. The van der Waals surface area contributed by atoms with Crippen LogP contribution in [0.15, 0.2) is 40.9 Å². The molecule has 0 radical (unpaired) electrons. The number of aryl methyl sites for hydroxylation is 2.